The third kappa shape index (κ3) is 3.73. The van der Waals surface area contributed by atoms with Crippen molar-refractivity contribution in [1.29, 1.82) is 0 Å². The zero-order valence-electron chi connectivity index (χ0n) is 17.2. The Kier molecular flexibility index (Phi) is 6.11. The highest BCUT2D eigenvalue weighted by atomic mass is 127. The smallest absolute Gasteiger partial charge is 0.191 e. The number of nitrogens with one attached hydrogen (secondary N) is 2. The van der Waals surface area contributed by atoms with E-state index in [9.17, 15) is 0 Å². The van der Waals surface area contributed by atoms with Crippen LogP contribution in [0.3, 0.4) is 0 Å². The number of hydrogen-bond acceptors (Lipinski definition) is 3. The predicted octanol–water partition coefficient (Wildman–Crippen LogP) is 2.92. The molecular formula is C20H34IN5O. The fourth-order valence-electron chi connectivity index (χ4n) is 5.03. The molecule has 4 rings (SSSR count). The maximum absolute atomic E-state index is 5.91. The predicted molar refractivity (Wildman–Crippen MR) is 119 cm³/mol. The van der Waals surface area contributed by atoms with Crippen LogP contribution in [0.2, 0.25) is 0 Å². The van der Waals surface area contributed by atoms with Crippen LogP contribution in [0, 0.1) is 11.3 Å². The highest BCUT2D eigenvalue weighted by molar-refractivity contribution is 14.0. The van der Waals surface area contributed by atoms with E-state index in [0.717, 1.165) is 38.2 Å². The molecule has 7 heteroatoms. The Hall–Kier alpha value is -0.830. The molecule has 1 aromatic heterocycles. The van der Waals surface area contributed by atoms with Gasteiger partial charge in [0.1, 0.15) is 0 Å². The Morgan fingerprint density at radius 1 is 1.33 bits per heavy atom. The summed E-state index contributed by atoms with van der Waals surface area (Å²) in [6.45, 7) is 9.86. The molecular weight excluding hydrogens is 453 g/mol. The molecule has 1 aromatic rings. The van der Waals surface area contributed by atoms with Gasteiger partial charge in [-0.25, -0.2) is 0 Å². The summed E-state index contributed by atoms with van der Waals surface area (Å²) < 4.78 is 8.01. The van der Waals surface area contributed by atoms with Crippen molar-refractivity contribution in [3.8, 4) is 0 Å². The average molecular weight is 487 g/mol. The van der Waals surface area contributed by atoms with Crippen molar-refractivity contribution in [2.24, 2.45) is 16.3 Å². The summed E-state index contributed by atoms with van der Waals surface area (Å²) >= 11 is 0. The molecule has 1 saturated heterocycles. The molecule has 1 saturated carbocycles. The van der Waals surface area contributed by atoms with E-state index in [-0.39, 0.29) is 29.4 Å². The van der Waals surface area contributed by atoms with E-state index in [1.165, 1.54) is 11.3 Å². The van der Waals surface area contributed by atoms with E-state index >= 15 is 0 Å². The lowest BCUT2D eigenvalue weighted by Crippen LogP contribution is -2.68. The van der Waals surface area contributed by atoms with Gasteiger partial charge in [-0.3, -0.25) is 9.67 Å². The molecule has 0 spiro atoms. The summed E-state index contributed by atoms with van der Waals surface area (Å²) in [5.74, 6) is 1.54. The lowest BCUT2D eigenvalue weighted by Gasteiger charge is -2.55. The minimum absolute atomic E-state index is 0. The molecule has 0 amide bonds. The fraction of sp³-hybridized carbons (Fsp3) is 0.800. The minimum Gasteiger partial charge on any atom is -0.377 e. The van der Waals surface area contributed by atoms with E-state index in [1.807, 2.05) is 7.05 Å². The third-order valence-electron chi connectivity index (χ3n) is 6.58. The van der Waals surface area contributed by atoms with Crippen LogP contribution in [0.4, 0.5) is 0 Å². The van der Waals surface area contributed by atoms with E-state index < -0.39 is 0 Å². The number of nitrogens with zero attached hydrogens (tertiary/aromatic N) is 3. The van der Waals surface area contributed by atoms with Gasteiger partial charge in [0, 0.05) is 55.7 Å². The number of aromatic nitrogens is 2. The first kappa shape index (κ1) is 20.9. The van der Waals surface area contributed by atoms with Crippen LogP contribution in [-0.4, -0.2) is 47.6 Å². The van der Waals surface area contributed by atoms with Crippen LogP contribution in [0.15, 0.2) is 11.2 Å². The Morgan fingerprint density at radius 3 is 2.81 bits per heavy atom. The fourth-order valence-corrected chi connectivity index (χ4v) is 5.03. The lowest BCUT2D eigenvalue weighted by molar-refractivity contribution is -0.106. The number of fused-ring (bicyclic) bond motifs is 2. The summed E-state index contributed by atoms with van der Waals surface area (Å²) in [5, 5.41) is 12.1. The highest BCUT2D eigenvalue weighted by Crippen LogP contribution is 2.52. The van der Waals surface area contributed by atoms with Crippen molar-refractivity contribution in [1.82, 2.24) is 20.4 Å². The Balaban J connectivity index is 0.00000210. The first-order chi connectivity index (χ1) is 12.4. The van der Waals surface area contributed by atoms with Gasteiger partial charge in [0.2, 0.25) is 0 Å². The van der Waals surface area contributed by atoms with Crippen LogP contribution in [-0.2, 0) is 17.6 Å². The van der Waals surface area contributed by atoms with Gasteiger partial charge < -0.3 is 15.4 Å². The summed E-state index contributed by atoms with van der Waals surface area (Å²) in [5.41, 5.74) is 2.81. The number of aryl methyl sites for hydroxylation is 1. The van der Waals surface area contributed by atoms with Crippen molar-refractivity contribution in [2.45, 2.75) is 77.6 Å². The van der Waals surface area contributed by atoms with Gasteiger partial charge in [-0.1, -0.05) is 13.8 Å². The highest BCUT2D eigenvalue weighted by Gasteiger charge is 2.59. The van der Waals surface area contributed by atoms with Gasteiger partial charge in [-0.05, 0) is 38.7 Å². The maximum Gasteiger partial charge on any atom is 0.191 e. The molecule has 2 fully saturated rings. The van der Waals surface area contributed by atoms with Crippen molar-refractivity contribution >= 4 is 29.9 Å². The van der Waals surface area contributed by atoms with Crippen molar-refractivity contribution in [3.63, 3.8) is 0 Å². The first-order valence-corrected chi connectivity index (χ1v) is 10.1. The van der Waals surface area contributed by atoms with Gasteiger partial charge in [0.05, 0.1) is 11.8 Å². The van der Waals surface area contributed by atoms with E-state index in [4.69, 9.17) is 9.84 Å². The summed E-state index contributed by atoms with van der Waals surface area (Å²) in [4.78, 5) is 4.50. The number of rotatable bonds is 3. The van der Waals surface area contributed by atoms with Crippen molar-refractivity contribution < 1.29 is 4.74 Å². The summed E-state index contributed by atoms with van der Waals surface area (Å²) in [7, 11) is 1.87. The zero-order chi connectivity index (χ0) is 18.5. The number of ether oxygens (including phenoxy) is 1. The van der Waals surface area contributed by atoms with Crippen LogP contribution in [0.5, 0.6) is 0 Å². The molecule has 3 aliphatic rings. The Bertz CT molecular complexity index is 699. The number of hydrogen-bond donors (Lipinski definition) is 2. The van der Waals surface area contributed by atoms with Crippen LogP contribution >= 0.6 is 24.0 Å². The largest absolute Gasteiger partial charge is 0.377 e. The Labute approximate surface area is 179 Å². The second-order valence-corrected chi connectivity index (χ2v) is 9.02. The molecule has 0 aromatic carbocycles. The van der Waals surface area contributed by atoms with Gasteiger partial charge in [-0.2, -0.15) is 5.10 Å². The number of guanidine groups is 1. The molecule has 0 radical (unpaired) electrons. The van der Waals surface area contributed by atoms with Gasteiger partial charge >= 0.3 is 0 Å². The number of aliphatic imine (C=N–C) groups is 1. The minimum atomic E-state index is 0. The Morgan fingerprint density at radius 2 is 2.11 bits per heavy atom. The molecule has 152 valence electrons. The van der Waals surface area contributed by atoms with Gasteiger partial charge in [0.25, 0.3) is 0 Å². The molecule has 2 N–H and O–H groups in total. The third-order valence-corrected chi connectivity index (χ3v) is 6.58. The van der Waals surface area contributed by atoms with Crippen LogP contribution in [0.1, 0.15) is 57.8 Å². The molecule has 4 unspecified atom stereocenters. The van der Waals surface area contributed by atoms with E-state index in [2.05, 4.69) is 54.2 Å². The second kappa shape index (κ2) is 7.89. The van der Waals surface area contributed by atoms with Crippen molar-refractivity contribution in [3.05, 3.63) is 17.5 Å². The zero-order valence-corrected chi connectivity index (χ0v) is 19.5. The van der Waals surface area contributed by atoms with Crippen molar-refractivity contribution in [2.75, 3.05) is 13.7 Å². The van der Waals surface area contributed by atoms with E-state index in [1.54, 1.807) is 0 Å². The average Bonchev–Trinajstić information content (AvgIpc) is 3.23. The summed E-state index contributed by atoms with van der Waals surface area (Å²) in [6.07, 6.45) is 6.96. The quantitative estimate of drug-likeness (QED) is 0.391. The topological polar surface area (TPSA) is 63.5 Å². The molecule has 2 aliphatic carbocycles. The van der Waals surface area contributed by atoms with Crippen LogP contribution in [0.25, 0.3) is 0 Å². The maximum atomic E-state index is 5.91. The number of halogens is 1. The summed E-state index contributed by atoms with van der Waals surface area (Å²) in [6, 6.07) is 1.24. The monoisotopic (exact) mass is 487 g/mol. The lowest BCUT2D eigenvalue weighted by atomic mass is 9.57. The SMILES string of the molecule is CN=C(NC1CCc2cn(C(C)C)nc2C1)NC1C2CCOC2C1(C)C.I. The van der Waals surface area contributed by atoms with E-state index in [0.29, 0.717) is 30.1 Å². The molecule has 1 aliphatic heterocycles. The molecule has 2 heterocycles. The molecule has 27 heavy (non-hydrogen) atoms. The molecule has 4 atom stereocenters. The van der Waals surface area contributed by atoms with Gasteiger partial charge in [-0.15, -0.1) is 24.0 Å². The molecule has 6 nitrogen and oxygen atoms in total. The first-order valence-electron chi connectivity index (χ1n) is 10.1. The van der Waals surface area contributed by atoms with Crippen LogP contribution < -0.4 is 10.6 Å². The standard InChI is InChI=1S/C20H33N5O.HI/c1-12(2)25-11-13-6-7-14(10-16(13)24-25)22-19(21-5)23-17-15-8-9-26-18(15)20(17,3)4;/h11-12,14-15,17-18H,6-10H2,1-5H3,(H2,21,22,23);1H. The molecule has 0 bridgehead atoms. The van der Waals surface area contributed by atoms with Gasteiger partial charge in [0.15, 0.2) is 5.96 Å². The second-order valence-electron chi connectivity index (χ2n) is 9.02. The normalized spacial score (nSPS) is 31.6.